The van der Waals surface area contributed by atoms with E-state index < -0.39 is 21.8 Å². The highest BCUT2D eigenvalue weighted by Crippen LogP contribution is 2.32. The Morgan fingerprint density at radius 3 is 2.37 bits per heavy atom. The number of hydrogen-bond acceptors (Lipinski definition) is 4. The number of hydrogen-bond donors (Lipinski definition) is 2. The third-order valence-corrected chi connectivity index (χ3v) is 5.62. The quantitative estimate of drug-likeness (QED) is 0.670. The summed E-state index contributed by atoms with van der Waals surface area (Å²) in [4.78, 5) is 11.3. The fraction of sp³-hybridized carbons (Fsp3) is 0.0952. The zero-order chi connectivity index (χ0) is 19.4. The van der Waals surface area contributed by atoms with E-state index in [4.69, 9.17) is 0 Å². The van der Waals surface area contributed by atoms with Crippen LogP contribution in [0.15, 0.2) is 77.0 Å². The molecule has 0 fully saturated rings. The summed E-state index contributed by atoms with van der Waals surface area (Å²) in [7, 11) is -3.79. The van der Waals surface area contributed by atoms with Crippen molar-refractivity contribution < 1.29 is 18.3 Å². The first-order valence-electron chi connectivity index (χ1n) is 8.38. The van der Waals surface area contributed by atoms with Gasteiger partial charge in [0, 0.05) is 10.8 Å². The third kappa shape index (κ3) is 4.17. The Bertz CT molecular complexity index is 1110. The predicted molar refractivity (Wildman–Crippen MR) is 107 cm³/mol. The Morgan fingerprint density at radius 1 is 1.00 bits per heavy atom. The molecular weight excluding hydrogens is 362 g/mol. The third-order valence-electron chi connectivity index (χ3n) is 4.17. The molecule has 0 saturated carbocycles. The summed E-state index contributed by atoms with van der Waals surface area (Å²) in [6, 6.07) is 18.6. The van der Waals surface area contributed by atoms with Crippen LogP contribution in [0, 0.1) is 0 Å². The molecule has 6 heteroatoms. The number of nitrogens with one attached hydrogen (secondary N) is 1. The number of carboxylic acids is 1. The van der Waals surface area contributed by atoms with Crippen LogP contribution in [0.1, 0.15) is 12.5 Å². The van der Waals surface area contributed by atoms with Crippen LogP contribution in [0.3, 0.4) is 0 Å². The number of aliphatic carboxylic acids is 1. The van der Waals surface area contributed by atoms with E-state index in [1.165, 1.54) is 19.1 Å². The fourth-order valence-corrected chi connectivity index (χ4v) is 3.92. The molecule has 0 unspecified atom stereocenters. The highest BCUT2D eigenvalue weighted by atomic mass is 32.2. The van der Waals surface area contributed by atoms with Crippen molar-refractivity contribution in [3.63, 3.8) is 0 Å². The Balaban J connectivity index is 2.12. The van der Waals surface area contributed by atoms with Crippen LogP contribution < -0.4 is 5.32 Å². The van der Waals surface area contributed by atoms with E-state index in [0.717, 1.165) is 16.4 Å². The molecule has 0 bridgehead atoms. The fourth-order valence-electron chi connectivity index (χ4n) is 2.72. The highest BCUT2D eigenvalue weighted by molar-refractivity contribution is 7.94. The molecule has 0 radical (unpaired) electrons. The van der Waals surface area contributed by atoms with Crippen LogP contribution in [0.5, 0.6) is 0 Å². The SMILES string of the molecule is C[C@H](Nc1c(S(=O)(=O)C=Cc2ccccc2)ccc2ccccc12)C(=O)O. The van der Waals surface area contributed by atoms with Crippen molar-refractivity contribution in [2.24, 2.45) is 0 Å². The zero-order valence-electron chi connectivity index (χ0n) is 14.7. The molecule has 0 aromatic heterocycles. The minimum Gasteiger partial charge on any atom is -0.480 e. The number of carboxylic acid groups (broad SMARTS) is 1. The van der Waals surface area contributed by atoms with E-state index in [-0.39, 0.29) is 4.90 Å². The smallest absolute Gasteiger partial charge is 0.325 e. The van der Waals surface area contributed by atoms with Gasteiger partial charge >= 0.3 is 5.97 Å². The summed E-state index contributed by atoms with van der Waals surface area (Å²) >= 11 is 0. The number of sulfone groups is 1. The van der Waals surface area contributed by atoms with Gasteiger partial charge in [0.05, 0.1) is 10.6 Å². The van der Waals surface area contributed by atoms with Gasteiger partial charge < -0.3 is 10.4 Å². The van der Waals surface area contributed by atoms with Crippen molar-refractivity contribution in [3.05, 3.63) is 77.7 Å². The van der Waals surface area contributed by atoms with Gasteiger partial charge in [-0.25, -0.2) is 8.42 Å². The molecule has 5 nitrogen and oxygen atoms in total. The molecule has 3 aromatic carbocycles. The largest absolute Gasteiger partial charge is 0.480 e. The van der Waals surface area contributed by atoms with Crippen molar-refractivity contribution in [1.29, 1.82) is 0 Å². The minimum absolute atomic E-state index is 0.0430. The van der Waals surface area contributed by atoms with Gasteiger partial charge in [-0.3, -0.25) is 4.79 Å². The first-order valence-corrected chi connectivity index (χ1v) is 9.92. The van der Waals surface area contributed by atoms with Gasteiger partial charge in [-0.15, -0.1) is 0 Å². The summed E-state index contributed by atoms with van der Waals surface area (Å²) in [6.07, 6.45) is 1.52. The minimum atomic E-state index is -3.79. The summed E-state index contributed by atoms with van der Waals surface area (Å²) in [5.74, 6) is -1.06. The van der Waals surface area contributed by atoms with E-state index in [2.05, 4.69) is 5.32 Å². The molecule has 0 aliphatic carbocycles. The van der Waals surface area contributed by atoms with Gasteiger partial charge in [0.25, 0.3) is 0 Å². The molecule has 27 heavy (non-hydrogen) atoms. The van der Waals surface area contributed by atoms with Gasteiger partial charge in [0.15, 0.2) is 0 Å². The molecule has 138 valence electrons. The van der Waals surface area contributed by atoms with Crippen LogP contribution in [0.2, 0.25) is 0 Å². The van der Waals surface area contributed by atoms with E-state index in [0.29, 0.717) is 11.1 Å². The Hall–Kier alpha value is -3.12. The molecule has 0 amide bonds. The number of rotatable bonds is 6. The maximum absolute atomic E-state index is 12.9. The molecule has 3 rings (SSSR count). The monoisotopic (exact) mass is 381 g/mol. The first kappa shape index (κ1) is 18.7. The van der Waals surface area contributed by atoms with Gasteiger partial charge in [-0.1, -0.05) is 60.7 Å². The van der Waals surface area contributed by atoms with E-state index >= 15 is 0 Å². The maximum atomic E-state index is 12.9. The second-order valence-corrected chi connectivity index (χ2v) is 7.92. The molecule has 1 atom stereocenters. The summed E-state index contributed by atoms with van der Waals surface area (Å²) in [5.41, 5.74) is 1.05. The Kier molecular flexibility index (Phi) is 5.28. The molecule has 3 aromatic rings. The highest BCUT2D eigenvalue weighted by Gasteiger charge is 2.21. The van der Waals surface area contributed by atoms with Crippen molar-refractivity contribution in [2.75, 3.05) is 5.32 Å². The van der Waals surface area contributed by atoms with Crippen LogP contribution in [-0.2, 0) is 14.6 Å². The number of fused-ring (bicyclic) bond motifs is 1. The van der Waals surface area contributed by atoms with Gasteiger partial charge in [0.2, 0.25) is 9.84 Å². The van der Waals surface area contributed by atoms with Crippen LogP contribution in [-0.4, -0.2) is 25.5 Å². The molecular formula is C21H19NO4S. The second kappa shape index (κ2) is 7.63. The maximum Gasteiger partial charge on any atom is 0.325 e. The Morgan fingerprint density at radius 2 is 1.67 bits per heavy atom. The van der Waals surface area contributed by atoms with Crippen molar-refractivity contribution >= 4 is 38.3 Å². The standard InChI is InChI=1S/C21H19NO4S/c1-15(21(23)24)22-20-18-10-6-5-9-17(18)11-12-19(20)27(25,26)14-13-16-7-3-2-4-8-16/h2-15,22H,1H3,(H,23,24)/t15-/m0/s1. The zero-order valence-corrected chi connectivity index (χ0v) is 15.5. The number of carbonyl (C=O) groups is 1. The summed E-state index contributed by atoms with van der Waals surface area (Å²) in [5, 5.41) is 14.7. The lowest BCUT2D eigenvalue weighted by molar-refractivity contribution is -0.137. The lowest BCUT2D eigenvalue weighted by Gasteiger charge is -2.17. The van der Waals surface area contributed by atoms with Crippen LogP contribution in [0.4, 0.5) is 5.69 Å². The molecule has 0 saturated heterocycles. The number of anilines is 1. The van der Waals surface area contributed by atoms with E-state index in [1.807, 2.05) is 30.3 Å². The molecule has 0 aliphatic rings. The second-order valence-electron chi connectivity index (χ2n) is 6.12. The van der Waals surface area contributed by atoms with Gasteiger partial charge in [0.1, 0.15) is 6.04 Å². The lowest BCUT2D eigenvalue weighted by Crippen LogP contribution is -2.26. The molecule has 0 spiro atoms. The molecule has 2 N–H and O–H groups in total. The topological polar surface area (TPSA) is 83.5 Å². The van der Waals surface area contributed by atoms with Crippen molar-refractivity contribution in [2.45, 2.75) is 17.9 Å². The predicted octanol–water partition coefficient (Wildman–Crippen LogP) is 4.17. The normalized spacial score (nSPS) is 12.9. The Labute approximate surface area is 157 Å². The summed E-state index contributed by atoms with van der Waals surface area (Å²) in [6.45, 7) is 1.47. The van der Waals surface area contributed by atoms with Crippen LogP contribution >= 0.6 is 0 Å². The number of benzene rings is 3. The van der Waals surface area contributed by atoms with Gasteiger partial charge in [-0.2, -0.15) is 0 Å². The van der Waals surface area contributed by atoms with Crippen molar-refractivity contribution in [1.82, 2.24) is 0 Å². The van der Waals surface area contributed by atoms with E-state index in [1.54, 1.807) is 30.3 Å². The van der Waals surface area contributed by atoms with Crippen LogP contribution in [0.25, 0.3) is 16.8 Å². The van der Waals surface area contributed by atoms with Crippen molar-refractivity contribution in [3.8, 4) is 0 Å². The molecule has 0 heterocycles. The lowest BCUT2D eigenvalue weighted by atomic mass is 10.1. The molecule has 0 aliphatic heterocycles. The summed E-state index contributed by atoms with van der Waals surface area (Å²) < 4.78 is 25.9. The van der Waals surface area contributed by atoms with E-state index in [9.17, 15) is 18.3 Å². The average Bonchev–Trinajstić information content (AvgIpc) is 2.67. The average molecular weight is 381 g/mol. The van der Waals surface area contributed by atoms with Gasteiger partial charge in [-0.05, 0) is 30.0 Å². The first-order chi connectivity index (χ1) is 12.9.